The van der Waals surface area contributed by atoms with Crippen LogP contribution >= 0.6 is 11.6 Å². The van der Waals surface area contributed by atoms with Gasteiger partial charge in [0.1, 0.15) is 11.7 Å². The maximum Gasteiger partial charge on any atom is 0.124 e. The standard InChI is InChI=1S/C15H14ClFN2O/c16-13-3-1-2-10(5-13)8-20-9-11-4-12(15(18)19)7-14(17)6-11/h1-7H,8-9H2,(H3,18,19). The molecule has 0 unspecified atom stereocenters. The molecule has 0 atom stereocenters. The van der Waals surface area contributed by atoms with E-state index in [0.29, 0.717) is 22.8 Å². The first kappa shape index (κ1) is 14.5. The fraction of sp³-hybridized carbons (Fsp3) is 0.133. The maximum atomic E-state index is 13.4. The predicted molar refractivity (Wildman–Crippen MR) is 77.4 cm³/mol. The fourth-order valence-corrected chi connectivity index (χ4v) is 2.02. The van der Waals surface area contributed by atoms with E-state index in [1.807, 2.05) is 18.2 Å². The van der Waals surface area contributed by atoms with Crippen molar-refractivity contribution in [2.24, 2.45) is 5.73 Å². The SMILES string of the molecule is N=C(N)c1cc(F)cc(COCc2cccc(Cl)c2)c1. The number of hydrogen-bond donors (Lipinski definition) is 2. The van der Waals surface area contributed by atoms with E-state index < -0.39 is 5.82 Å². The highest BCUT2D eigenvalue weighted by Crippen LogP contribution is 2.14. The normalized spacial score (nSPS) is 10.5. The largest absolute Gasteiger partial charge is 0.384 e. The maximum absolute atomic E-state index is 13.4. The Balaban J connectivity index is 1.99. The number of hydrogen-bond acceptors (Lipinski definition) is 2. The van der Waals surface area contributed by atoms with Gasteiger partial charge in [0.15, 0.2) is 0 Å². The van der Waals surface area contributed by atoms with Gasteiger partial charge in [0.05, 0.1) is 13.2 Å². The fourth-order valence-electron chi connectivity index (χ4n) is 1.80. The van der Waals surface area contributed by atoms with Crippen LogP contribution < -0.4 is 5.73 Å². The van der Waals surface area contributed by atoms with Gasteiger partial charge in [-0.25, -0.2) is 4.39 Å². The first-order valence-corrected chi connectivity index (χ1v) is 6.38. The van der Waals surface area contributed by atoms with Crippen LogP contribution in [0.4, 0.5) is 4.39 Å². The van der Waals surface area contributed by atoms with Crippen molar-refractivity contribution in [3.63, 3.8) is 0 Å². The minimum atomic E-state index is -0.431. The van der Waals surface area contributed by atoms with Gasteiger partial charge in [0.25, 0.3) is 0 Å². The first-order chi connectivity index (χ1) is 9.54. The lowest BCUT2D eigenvalue weighted by atomic mass is 10.1. The van der Waals surface area contributed by atoms with Gasteiger partial charge in [-0.05, 0) is 41.5 Å². The van der Waals surface area contributed by atoms with Crippen LogP contribution in [0.25, 0.3) is 0 Å². The first-order valence-electron chi connectivity index (χ1n) is 6.00. The monoisotopic (exact) mass is 292 g/mol. The molecular formula is C15H14ClFN2O. The quantitative estimate of drug-likeness (QED) is 0.655. The number of ether oxygens (including phenoxy) is 1. The molecule has 3 N–H and O–H groups in total. The highest BCUT2D eigenvalue weighted by atomic mass is 35.5. The Morgan fingerprint density at radius 2 is 1.90 bits per heavy atom. The van der Waals surface area contributed by atoms with Crippen LogP contribution in [0.2, 0.25) is 5.02 Å². The van der Waals surface area contributed by atoms with Crippen LogP contribution in [0.5, 0.6) is 0 Å². The number of nitrogens with two attached hydrogens (primary N) is 1. The van der Waals surface area contributed by atoms with Gasteiger partial charge in [0, 0.05) is 10.6 Å². The van der Waals surface area contributed by atoms with E-state index in [1.54, 1.807) is 12.1 Å². The highest BCUT2D eigenvalue weighted by Gasteiger charge is 2.04. The van der Waals surface area contributed by atoms with E-state index in [-0.39, 0.29) is 12.4 Å². The van der Waals surface area contributed by atoms with E-state index in [9.17, 15) is 4.39 Å². The zero-order valence-electron chi connectivity index (χ0n) is 10.7. The molecule has 0 fully saturated rings. The lowest BCUT2D eigenvalue weighted by molar-refractivity contribution is 0.107. The van der Waals surface area contributed by atoms with Gasteiger partial charge < -0.3 is 10.5 Å². The molecule has 2 aromatic rings. The molecule has 2 aromatic carbocycles. The van der Waals surface area contributed by atoms with Crippen LogP contribution in [0.15, 0.2) is 42.5 Å². The molecule has 0 saturated heterocycles. The van der Waals surface area contributed by atoms with Crippen LogP contribution in [0.1, 0.15) is 16.7 Å². The molecule has 0 aliphatic heterocycles. The Kier molecular flexibility index (Phi) is 4.71. The lowest BCUT2D eigenvalue weighted by Gasteiger charge is -2.07. The molecule has 0 heterocycles. The molecule has 0 bridgehead atoms. The Morgan fingerprint density at radius 1 is 1.15 bits per heavy atom. The third kappa shape index (κ3) is 4.05. The van der Waals surface area contributed by atoms with E-state index in [0.717, 1.165) is 5.56 Å². The third-order valence-corrected chi connectivity index (χ3v) is 2.93. The second kappa shape index (κ2) is 6.50. The second-order valence-electron chi connectivity index (χ2n) is 4.38. The average Bonchev–Trinajstić information content (AvgIpc) is 2.38. The average molecular weight is 293 g/mol. The van der Waals surface area contributed by atoms with Crippen molar-refractivity contribution in [1.29, 1.82) is 5.41 Å². The van der Waals surface area contributed by atoms with Crippen LogP contribution in [-0.2, 0) is 18.0 Å². The number of halogens is 2. The Labute approximate surface area is 121 Å². The number of amidine groups is 1. The van der Waals surface area contributed by atoms with Crippen molar-refractivity contribution < 1.29 is 9.13 Å². The Morgan fingerprint density at radius 3 is 2.60 bits per heavy atom. The smallest absolute Gasteiger partial charge is 0.124 e. The summed E-state index contributed by atoms with van der Waals surface area (Å²) in [5, 5.41) is 7.97. The molecule has 20 heavy (non-hydrogen) atoms. The topological polar surface area (TPSA) is 59.1 Å². The van der Waals surface area contributed by atoms with E-state index in [2.05, 4.69) is 0 Å². The Hall–Kier alpha value is -1.91. The summed E-state index contributed by atoms with van der Waals surface area (Å²) >= 11 is 5.87. The zero-order valence-corrected chi connectivity index (χ0v) is 11.5. The molecule has 0 spiro atoms. The van der Waals surface area contributed by atoms with Gasteiger partial charge >= 0.3 is 0 Å². The lowest BCUT2D eigenvalue weighted by Crippen LogP contribution is -2.12. The summed E-state index contributed by atoms with van der Waals surface area (Å²) in [5.74, 6) is -0.598. The third-order valence-electron chi connectivity index (χ3n) is 2.70. The molecular weight excluding hydrogens is 279 g/mol. The van der Waals surface area contributed by atoms with Crippen LogP contribution in [0, 0.1) is 11.2 Å². The number of nitrogen functional groups attached to an aromatic ring is 1. The number of benzene rings is 2. The van der Waals surface area contributed by atoms with Gasteiger partial charge in [0.2, 0.25) is 0 Å². The van der Waals surface area contributed by atoms with E-state index in [4.69, 9.17) is 27.5 Å². The van der Waals surface area contributed by atoms with Gasteiger partial charge in [-0.15, -0.1) is 0 Å². The summed E-state index contributed by atoms with van der Waals surface area (Å²) in [5.41, 5.74) is 7.28. The summed E-state index contributed by atoms with van der Waals surface area (Å²) in [7, 11) is 0. The Bertz CT molecular complexity index is 631. The summed E-state index contributed by atoms with van der Waals surface area (Å²) in [6, 6.07) is 11.6. The second-order valence-corrected chi connectivity index (χ2v) is 4.82. The minimum absolute atomic E-state index is 0.166. The van der Waals surface area contributed by atoms with Gasteiger partial charge in [-0.1, -0.05) is 23.7 Å². The summed E-state index contributed by atoms with van der Waals surface area (Å²) in [4.78, 5) is 0. The molecule has 3 nitrogen and oxygen atoms in total. The molecule has 0 saturated carbocycles. The molecule has 0 radical (unpaired) electrons. The summed E-state index contributed by atoms with van der Waals surface area (Å²) in [6.45, 7) is 0.622. The highest BCUT2D eigenvalue weighted by molar-refractivity contribution is 6.30. The van der Waals surface area contributed by atoms with Gasteiger partial charge in [-0.2, -0.15) is 0 Å². The minimum Gasteiger partial charge on any atom is -0.384 e. The molecule has 2 rings (SSSR count). The molecule has 5 heteroatoms. The van der Waals surface area contributed by atoms with E-state index >= 15 is 0 Å². The molecule has 0 aliphatic carbocycles. The van der Waals surface area contributed by atoms with Crippen LogP contribution in [0.3, 0.4) is 0 Å². The van der Waals surface area contributed by atoms with Crippen molar-refractivity contribution in [1.82, 2.24) is 0 Å². The number of nitrogens with one attached hydrogen (secondary N) is 1. The summed E-state index contributed by atoms with van der Waals surface area (Å²) in [6.07, 6.45) is 0. The van der Waals surface area contributed by atoms with E-state index in [1.165, 1.54) is 12.1 Å². The predicted octanol–water partition coefficient (Wildman–Crippen LogP) is 3.48. The van der Waals surface area contributed by atoms with Crippen molar-refractivity contribution in [2.75, 3.05) is 0 Å². The van der Waals surface area contributed by atoms with Crippen molar-refractivity contribution in [3.05, 3.63) is 70.0 Å². The zero-order chi connectivity index (χ0) is 14.5. The molecule has 104 valence electrons. The van der Waals surface area contributed by atoms with Crippen molar-refractivity contribution in [2.45, 2.75) is 13.2 Å². The number of rotatable bonds is 5. The van der Waals surface area contributed by atoms with Gasteiger partial charge in [-0.3, -0.25) is 5.41 Å². The van der Waals surface area contributed by atoms with Crippen LogP contribution in [-0.4, -0.2) is 5.84 Å². The summed E-state index contributed by atoms with van der Waals surface area (Å²) < 4.78 is 18.9. The molecule has 0 aromatic heterocycles. The molecule has 0 aliphatic rings. The van der Waals surface area contributed by atoms with Crippen molar-refractivity contribution >= 4 is 17.4 Å². The van der Waals surface area contributed by atoms with Crippen molar-refractivity contribution in [3.8, 4) is 0 Å². The molecule has 0 amide bonds.